The average molecular weight is 513 g/mol. The Morgan fingerprint density at radius 3 is 2.49 bits per heavy atom. The van der Waals surface area contributed by atoms with E-state index in [1.165, 1.54) is 30.5 Å². The van der Waals surface area contributed by atoms with Gasteiger partial charge in [0.05, 0.1) is 0 Å². The predicted octanol–water partition coefficient (Wildman–Crippen LogP) is 3.68. The van der Waals surface area contributed by atoms with E-state index in [1.807, 2.05) is 12.1 Å². The van der Waals surface area contributed by atoms with Gasteiger partial charge in [-0.3, -0.25) is 9.69 Å². The second-order valence-electron chi connectivity index (χ2n) is 8.71. The van der Waals surface area contributed by atoms with Crippen molar-refractivity contribution < 1.29 is 35.3 Å². The molecule has 190 valence electrons. The van der Waals surface area contributed by atoms with Crippen LogP contribution in [0, 0.1) is 0 Å². The highest BCUT2D eigenvalue weighted by Gasteiger charge is 2.48. The molecule has 2 aromatic carbocycles. The largest absolute Gasteiger partial charge is 0.534 e. The maximum atomic E-state index is 12.7. The molecule has 1 aliphatic carbocycles. The molecule has 1 N–H and O–H groups in total. The number of amides is 1. The molecule has 0 unspecified atom stereocenters. The monoisotopic (exact) mass is 512 g/mol. The fourth-order valence-electron chi connectivity index (χ4n) is 4.41. The lowest BCUT2D eigenvalue weighted by atomic mass is 9.87. The summed E-state index contributed by atoms with van der Waals surface area (Å²) < 4.78 is 69.8. The van der Waals surface area contributed by atoms with Crippen molar-refractivity contribution in [2.24, 2.45) is 0 Å². The first-order valence-electron chi connectivity index (χ1n) is 11.5. The highest BCUT2D eigenvalue weighted by Crippen LogP contribution is 2.30. The Morgan fingerprint density at radius 2 is 1.80 bits per heavy atom. The van der Waals surface area contributed by atoms with Crippen LogP contribution in [0.15, 0.2) is 42.5 Å². The summed E-state index contributed by atoms with van der Waals surface area (Å²) in [5.74, 6) is -0.106. The van der Waals surface area contributed by atoms with Crippen LogP contribution in [0.2, 0.25) is 0 Å². The van der Waals surface area contributed by atoms with E-state index in [9.17, 15) is 26.4 Å². The van der Waals surface area contributed by atoms with E-state index in [2.05, 4.69) is 20.5 Å². The Balaban J connectivity index is 1.35. The highest BCUT2D eigenvalue weighted by molar-refractivity contribution is 7.88. The third kappa shape index (κ3) is 6.26. The minimum Gasteiger partial charge on any atom is -0.492 e. The minimum absolute atomic E-state index is 0.139. The molecule has 1 saturated heterocycles. The highest BCUT2D eigenvalue weighted by atomic mass is 32.2. The fraction of sp³-hybridized carbons (Fsp3) is 0.458. The number of likely N-dealkylation sites (tertiary alicyclic amines) is 1. The first-order valence-corrected chi connectivity index (χ1v) is 12.9. The lowest BCUT2D eigenvalue weighted by Crippen LogP contribution is -2.39. The number of carbonyl (C=O) groups excluding carboxylic acids is 1. The van der Waals surface area contributed by atoms with Crippen LogP contribution < -0.4 is 14.2 Å². The fourth-order valence-corrected chi connectivity index (χ4v) is 4.87. The molecule has 0 aromatic heterocycles. The number of carbonyl (C=O) groups is 1. The number of rotatable bonds is 8. The van der Waals surface area contributed by atoms with Crippen LogP contribution >= 0.6 is 0 Å². The van der Waals surface area contributed by atoms with E-state index >= 15 is 0 Å². The normalized spacial score (nSPS) is 18.7. The van der Waals surface area contributed by atoms with Gasteiger partial charge in [-0.15, -0.1) is 0 Å². The lowest BCUT2D eigenvalue weighted by molar-refractivity contribution is -0.0500. The van der Waals surface area contributed by atoms with Gasteiger partial charge < -0.3 is 14.2 Å². The molecule has 7 nitrogen and oxygen atoms in total. The lowest BCUT2D eigenvalue weighted by Gasteiger charge is -2.27. The summed E-state index contributed by atoms with van der Waals surface area (Å²) in [7, 11) is -5.77. The maximum Gasteiger partial charge on any atom is 0.534 e. The number of alkyl halides is 3. The number of aryl methyl sites for hydroxylation is 1. The van der Waals surface area contributed by atoms with Crippen LogP contribution in [0.3, 0.4) is 0 Å². The second kappa shape index (κ2) is 10.4. The number of nitrogens with one attached hydrogen (secondary N) is 1. The van der Waals surface area contributed by atoms with Gasteiger partial charge in [0.2, 0.25) is 0 Å². The van der Waals surface area contributed by atoms with E-state index < -0.39 is 27.3 Å². The Morgan fingerprint density at radius 1 is 1.09 bits per heavy atom. The van der Waals surface area contributed by atoms with E-state index in [0.717, 1.165) is 55.9 Å². The summed E-state index contributed by atoms with van der Waals surface area (Å²) in [6.07, 6.45) is 4.58. The van der Waals surface area contributed by atoms with Gasteiger partial charge in [-0.25, -0.2) is 0 Å². The molecule has 4 rings (SSSR count). The molecule has 2 aromatic rings. The van der Waals surface area contributed by atoms with Crippen molar-refractivity contribution in [3.8, 4) is 11.5 Å². The minimum atomic E-state index is -5.77. The number of hydrogen-bond donors (Lipinski definition) is 1. The topological polar surface area (TPSA) is 84.9 Å². The number of nitrogens with zero attached hydrogens (tertiary/aromatic N) is 1. The standard InChI is InChI=1S/C24H27F3N2O5S/c25-24(26,27)35(31,32)34-20-10-7-18(8-11-20)23(30)28-19-9-6-17-4-3-5-22(21(17)16-19)33-15-14-29-12-1-2-13-29/h3-5,7-8,10-11,19H,1-2,6,9,12-16H2,(H,28,30)/t19-/m1/s1. The smallest absolute Gasteiger partial charge is 0.492 e. The summed E-state index contributed by atoms with van der Waals surface area (Å²) in [5.41, 5.74) is -3.08. The molecule has 0 spiro atoms. The molecule has 2 aliphatic rings. The van der Waals surface area contributed by atoms with Gasteiger partial charge in [-0.05, 0) is 86.7 Å². The van der Waals surface area contributed by atoms with E-state index in [1.54, 1.807) is 0 Å². The zero-order valence-corrected chi connectivity index (χ0v) is 19.8. The summed E-state index contributed by atoms with van der Waals surface area (Å²) in [4.78, 5) is 15.1. The van der Waals surface area contributed by atoms with Crippen molar-refractivity contribution in [1.29, 1.82) is 0 Å². The average Bonchev–Trinajstić information content (AvgIpc) is 3.32. The zero-order valence-electron chi connectivity index (χ0n) is 19.0. The van der Waals surface area contributed by atoms with Crippen LogP contribution in [0.1, 0.15) is 40.7 Å². The summed E-state index contributed by atoms with van der Waals surface area (Å²) >= 11 is 0. The third-order valence-corrected chi connectivity index (χ3v) is 7.23. The molecule has 1 amide bonds. The Bertz CT molecular complexity index is 1150. The van der Waals surface area contributed by atoms with Crippen molar-refractivity contribution in [1.82, 2.24) is 10.2 Å². The van der Waals surface area contributed by atoms with E-state index in [-0.39, 0.29) is 11.6 Å². The van der Waals surface area contributed by atoms with E-state index in [0.29, 0.717) is 13.0 Å². The zero-order chi connectivity index (χ0) is 25.1. The van der Waals surface area contributed by atoms with Gasteiger partial charge in [0.25, 0.3) is 5.91 Å². The van der Waals surface area contributed by atoms with Gasteiger partial charge in [0.15, 0.2) is 0 Å². The summed E-state index contributed by atoms with van der Waals surface area (Å²) in [6.45, 7) is 3.70. The van der Waals surface area contributed by atoms with Crippen molar-refractivity contribution >= 4 is 16.0 Å². The molecule has 0 radical (unpaired) electrons. The number of halogens is 3. The number of benzene rings is 2. The van der Waals surface area contributed by atoms with Crippen molar-refractivity contribution in [3.63, 3.8) is 0 Å². The molecule has 1 atom stereocenters. The molecule has 0 saturated carbocycles. The molecule has 1 fully saturated rings. The number of hydrogen-bond acceptors (Lipinski definition) is 6. The van der Waals surface area contributed by atoms with E-state index in [4.69, 9.17) is 4.74 Å². The SMILES string of the molecule is O=C(N[C@@H]1CCc2cccc(OCCN3CCCC3)c2C1)c1ccc(OS(=O)(=O)C(F)(F)F)cc1. The van der Waals surface area contributed by atoms with Crippen LogP contribution in [0.25, 0.3) is 0 Å². The van der Waals surface area contributed by atoms with Crippen LogP contribution in [0.4, 0.5) is 13.2 Å². The summed E-state index contributed by atoms with van der Waals surface area (Å²) in [6, 6.07) is 10.3. The molecular formula is C24H27F3N2O5S. The van der Waals surface area contributed by atoms with Crippen LogP contribution in [0.5, 0.6) is 11.5 Å². The van der Waals surface area contributed by atoms with Gasteiger partial charge in [-0.2, -0.15) is 21.6 Å². The van der Waals surface area contributed by atoms with Crippen molar-refractivity contribution in [2.45, 2.75) is 43.7 Å². The van der Waals surface area contributed by atoms with Gasteiger partial charge in [0.1, 0.15) is 18.1 Å². The van der Waals surface area contributed by atoms with Crippen molar-refractivity contribution in [2.75, 3.05) is 26.2 Å². The Kier molecular flexibility index (Phi) is 7.56. The predicted molar refractivity (Wildman–Crippen MR) is 123 cm³/mol. The van der Waals surface area contributed by atoms with Crippen LogP contribution in [-0.4, -0.2) is 57.0 Å². The quantitative estimate of drug-likeness (QED) is 0.429. The molecule has 1 aliphatic heterocycles. The molecule has 0 bridgehead atoms. The van der Waals surface area contributed by atoms with Crippen LogP contribution in [-0.2, 0) is 23.0 Å². The van der Waals surface area contributed by atoms with Gasteiger partial charge in [0, 0.05) is 18.2 Å². The van der Waals surface area contributed by atoms with Gasteiger partial charge >= 0.3 is 15.6 Å². The second-order valence-corrected chi connectivity index (χ2v) is 10.2. The van der Waals surface area contributed by atoms with Gasteiger partial charge in [-0.1, -0.05) is 12.1 Å². The summed E-state index contributed by atoms with van der Waals surface area (Å²) in [5, 5.41) is 2.95. The first-order chi connectivity index (χ1) is 16.6. The third-order valence-electron chi connectivity index (χ3n) is 6.25. The number of fused-ring (bicyclic) bond motifs is 1. The Labute approximate surface area is 202 Å². The molecular weight excluding hydrogens is 485 g/mol. The molecule has 35 heavy (non-hydrogen) atoms. The maximum absolute atomic E-state index is 12.7. The molecule has 1 heterocycles. The molecule has 11 heteroatoms. The van der Waals surface area contributed by atoms with Crippen molar-refractivity contribution in [3.05, 3.63) is 59.2 Å². The number of ether oxygens (including phenoxy) is 1. The Hall–Kier alpha value is -2.79. The first kappa shape index (κ1) is 25.3.